The minimum atomic E-state index is -1.61. The number of benzene rings is 3. The maximum absolute atomic E-state index is 13.4. The number of hydrogen-bond donors (Lipinski definition) is 6. The monoisotopic (exact) mass is 592 g/mol. The van der Waals surface area contributed by atoms with Gasteiger partial charge in [-0.15, -0.1) is 10.2 Å². The molecule has 0 spiro atoms. The molecule has 4 aromatic rings. The van der Waals surface area contributed by atoms with E-state index in [1.165, 1.54) is 0 Å². The van der Waals surface area contributed by atoms with Crippen LogP contribution >= 0.6 is 0 Å². The molecule has 5 rings (SSSR count). The molecule has 0 bridgehead atoms. The first-order valence-corrected chi connectivity index (χ1v) is 14.1. The number of allylic oxidation sites excluding steroid dienone is 2. The summed E-state index contributed by atoms with van der Waals surface area (Å²) in [6.45, 7) is 1.88. The van der Waals surface area contributed by atoms with Gasteiger partial charge >= 0.3 is 0 Å². The zero-order valence-corrected chi connectivity index (χ0v) is 23.9. The van der Waals surface area contributed by atoms with Gasteiger partial charge in [0, 0.05) is 11.3 Å². The Balaban J connectivity index is 1.25. The molecule has 0 aliphatic carbocycles. The Morgan fingerprint density at radius 2 is 1.57 bits per heavy atom. The zero-order chi connectivity index (χ0) is 30.9. The van der Waals surface area contributed by atoms with Crippen molar-refractivity contribution in [3.05, 3.63) is 120 Å². The van der Waals surface area contributed by atoms with Crippen molar-refractivity contribution in [2.24, 2.45) is 0 Å². The van der Waals surface area contributed by atoms with E-state index >= 15 is 0 Å². The van der Waals surface area contributed by atoms with Crippen LogP contribution in [-0.2, 0) is 20.8 Å². The Morgan fingerprint density at radius 1 is 0.886 bits per heavy atom. The minimum Gasteiger partial charge on any atom is -0.381 e. The molecule has 2 heterocycles. The summed E-state index contributed by atoms with van der Waals surface area (Å²) >= 11 is 0. The molecule has 3 amide bonds. The molecular formula is C32H32N8O4. The molecule has 1 aliphatic heterocycles. The van der Waals surface area contributed by atoms with Crippen molar-refractivity contribution in [1.29, 1.82) is 0 Å². The largest absolute Gasteiger partial charge is 0.381 e. The Kier molecular flexibility index (Phi) is 9.52. The van der Waals surface area contributed by atoms with Crippen LogP contribution in [0.1, 0.15) is 30.5 Å². The first-order valence-electron chi connectivity index (χ1n) is 14.1. The second kappa shape index (κ2) is 14.0. The fourth-order valence-corrected chi connectivity index (χ4v) is 4.71. The van der Waals surface area contributed by atoms with Crippen molar-refractivity contribution >= 4 is 23.4 Å². The molecule has 44 heavy (non-hydrogen) atoms. The number of H-pyrrole nitrogens is 1. The van der Waals surface area contributed by atoms with Crippen LogP contribution in [0.15, 0.2) is 108 Å². The average Bonchev–Trinajstić information content (AvgIpc) is 3.60. The summed E-state index contributed by atoms with van der Waals surface area (Å²) in [5.41, 5.74) is 3.15. The van der Waals surface area contributed by atoms with Gasteiger partial charge in [0.15, 0.2) is 6.10 Å². The van der Waals surface area contributed by atoms with Gasteiger partial charge in [-0.25, -0.2) is 0 Å². The van der Waals surface area contributed by atoms with Crippen LogP contribution in [-0.4, -0.2) is 55.6 Å². The van der Waals surface area contributed by atoms with Gasteiger partial charge in [-0.3, -0.25) is 14.4 Å². The van der Waals surface area contributed by atoms with Crippen molar-refractivity contribution in [1.82, 2.24) is 36.6 Å². The van der Waals surface area contributed by atoms with Crippen molar-refractivity contribution in [3.63, 3.8) is 0 Å². The predicted molar refractivity (Wildman–Crippen MR) is 163 cm³/mol. The van der Waals surface area contributed by atoms with Gasteiger partial charge in [0.1, 0.15) is 11.4 Å². The van der Waals surface area contributed by atoms with Crippen molar-refractivity contribution < 1.29 is 19.5 Å². The number of amides is 3. The number of aromatic amines is 1. The summed E-state index contributed by atoms with van der Waals surface area (Å²) in [6, 6.07) is 24.3. The van der Waals surface area contributed by atoms with Crippen LogP contribution < -0.4 is 21.3 Å². The Morgan fingerprint density at radius 3 is 2.25 bits per heavy atom. The van der Waals surface area contributed by atoms with E-state index in [0.717, 1.165) is 11.1 Å². The van der Waals surface area contributed by atoms with Gasteiger partial charge in [0.2, 0.25) is 5.82 Å². The quantitative estimate of drug-likeness (QED) is 0.154. The van der Waals surface area contributed by atoms with Gasteiger partial charge in [-0.1, -0.05) is 84.9 Å². The number of hydrogen-bond acceptors (Lipinski definition) is 8. The molecule has 3 atom stereocenters. The molecule has 12 heteroatoms. The molecule has 1 unspecified atom stereocenters. The van der Waals surface area contributed by atoms with E-state index in [4.69, 9.17) is 0 Å². The van der Waals surface area contributed by atoms with Crippen LogP contribution in [0.2, 0.25) is 0 Å². The lowest BCUT2D eigenvalue weighted by atomic mass is 10.00. The summed E-state index contributed by atoms with van der Waals surface area (Å²) in [5, 5.41) is 36.3. The lowest BCUT2D eigenvalue weighted by molar-refractivity contribution is -0.127. The van der Waals surface area contributed by atoms with E-state index in [9.17, 15) is 19.5 Å². The van der Waals surface area contributed by atoms with Gasteiger partial charge in [-0.05, 0) is 48.2 Å². The first kappa shape index (κ1) is 29.9. The van der Waals surface area contributed by atoms with Gasteiger partial charge in [-0.2, -0.15) is 5.21 Å². The van der Waals surface area contributed by atoms with Gasteiger partial charge < -0.3 is 26.4 Å². The first-order chi connectivity index (χ1) is 21.4. The third-order valence-electron chi connectivity index (χ3n) is 7.05. The number of carbonyl (C=O) groups excluding carboxylic acids is 3. The third-order valence-corrected chi connectivity index (χ3v) is 7.05. The molecular weight excluding hydrogens is 560 g/mol. The van der Waals surface area contributed by atoms with Crippen LogP contribution in [0, 0.1) is 0 Å². The topological polar surface area (TPSA) is 174 Å². The number of anilines is 1. The fourth-order valence-electron chi connectivity index (χ4n) is 4.71. The number of nitrogens with zero attached hydrogens (tertiary/aromatic N) is 3. The van der Waals surface area contributed by atoms with E-state index < -0.39 is 24.0 Å². The second-order valence-electron chi connectivity index (χ2n) is 10.2. The van der Waals surface area contributed by atoms with Gasteiger partial charge in [0.05, 0.1) is 12.1 Å². The smallest absolute Gasteiger partial charge is 0.267 e. The normalized spacial score (nSPS) is 14.6. The molecule has 224 valence electrons. The average molecular weight is 593 g/mol. The number of aliphatic hydroxyl groups is 1. The fraction of sp³-hybridized carbons (Fsp3) is 0.188. The van der Waals surface area contributed by atoms with Crippen molar-refractivity contribution in [2.45, 2.75) is 38.0 Å². The summed E-state index contributed by atoms with van der Waals surface area (Å²) in [7, 11) is 0. The summed E-state index contributed by atoms with van der Waals surface area (Å²) in [6.07, 6.45) is 2.25. The van der Waals surface area contributed by atoms with E-state index in [0.29, 0.717) is 23.5 Å². The number of aromatic nitrogens is 4. The third kappa shape index (κ3) is 7.61. The molecule has 1 aromatic heterocycles. The molecule has 0 fully saturated rings. The van der Waals surface area contributed by atoms with Crippen molar-refractivity contribution in [2.75, 3.05) is 5.32 Å². The molecule has 6 N–H and O–H groups in total. The maximum Gasteiger partial charge on any atom is 0.267 e. The Hall–Kier alpha value is -5.62. The highest BCUT2D eigenvalue weighted by Gasteiger charge is 2.30. The summed E-state index contributed by atoms with van der Waals surface area (Å²) < 4.78 is 0. The van der Waals surface area contributed by atoms with E-state index in [-0.39, 0.29) is 29.8 Å². The second-order valence-corrected chi connectivity index (χ2v) is 10.2. The van der Waals surface area contributed by atoms with E-state index in [1.54, 1.807) is 36.4 Å². The van der Waals surface area contributed by atoms with Crippen LogP contribution in [0.4, 0.5) is 5.69 Å². The molecule has 3 aromatic carbocycles. The number of nitrogens with one attached hydrogen (secondary N) is 5. The van der Waals surface area contributed by atoms with E-state index in [2.05, 4.69) is 41.9 Å². The summed E-state index contributed by atoms with van der Waals surface area (Å²) in [4.78, 5) is 39.6. The number of aliphatic hydroxyl groups excluding tert-OH is 1. The van der Waals surface area contributed by atoms with Crippen LogP contribution in [0.5, 0.6) is 0 Å². The highest BCUT2D eigenvalue weighted by Crippen LogP contribution is 2.19. The predicted octanol–water partition coefficient (Wildman–Crippen LogP) is 2.53. The number of dihydropyridines is 1. The SMILES string of the molecule is C[C@@H](NC(=O)C1=CCC=C(C(=O)NC(Cc2ccccc2)[C@H](O)C(=O)Nc2cccc(-c3nn[nH]n3)c2)N1)c1ccccc1. The highest BCUT2D eigenvalue weighted by atomic mass is 16.3. The molecule has 0 saturated carbocycles. The minimum absolute atomic E-state index is 0.142. The molecule has 12 nitrogen and oxygen atoms in total. The van der Waals surface area contributed by atoms with Crippen molar-refractivity contribution in [3.8, 4) is 11.4 Å². The van der Waals surface area contributed by atoms with Crippen LogP contribution in [0.25, 0.3) is 11.4 Å². The zero-order valence-electron chi connectivity index (χ0n) is 23.9. The number of rotatable bonds is 11. The Bertz CT molecular complexity index is 1660. The van der Waals surface area contributed by atoms with Gasteiger partial charge in [0.25, 0.3) is 17.7 Å². The molecule has 0 radical (unpaired) electrons. The highest BCUT2D eigenvalue weighted by molar-refractivity contribution is 6.00. The molecule has 1 aliphatic rings. The lowest BCUT2D eigenvalue weighted by Gasteiger charge is -2.26. The maximum atomic E-state index is 13.4. The standard InChI is InChI=1S/C32H32N8O4/c1-20(22-12-6-3-7-13-22)33-30(42)25-16-9-17-26(35-25)31(43)36-27(18-21-10-4-2-5-11-21)28(41)32(44)34-24-15-8-14-23(19-24)29-37-39-40-38-29/h2-8,10-17,19-20,27-28,35,41H,9,18H2,1H3,(H,33,42)(H,34,44)(H,36,43)(H,37,38,39,40)/t20-,27?,28+/m1/s1. The summed E-state index contributed by atoms with van der Waals surface area (Å²) in [5.74, 6) is -1.29. The Labute approximate surface area is 253 Å². The number of carbonyl (C=O) groups is 3. The molecule has 0 saturated heterocycles. The van der Waals surface area contributed by atoms with Crippen LogP contribution in [0.3, 0.4) is 0 Å². The number of tetrazole rings is 1. The lowest BCUT2D eigenvalue weighted by Crippen LogP contribution is -2.51. The van der Waals surface area contributed by atoms with E-state index in [1.807, 2.05) is 67.6 Å².